The predicted molar refractivity (Wildman–Crippen MR) is 96.0 cm³/mol. The van der Waals surface area contributed by atoms with Crippen LogP contribution in [-0.4, -0.2) is 37.7 Å². The van der Waals surface area contributed by atoms with E-state index in [-0.39, 0.29) is 23.1 Å². The van der Waals surface area contributed by atoms with Crippen molar-refractivity contribution in [1.82, 2.24) is 20.3 Å². The van der Waals surface area contributed by atoms with Crippen molar-refractivity contribution in [1.29, 1.82) is 0 Å². The third-order valence-corrected chi connectivity index (χ3v) is 3.97. The molecule has 0 aliphatic carbocycles. The van der Waals surface area contributed by atoms with Crippen molar-refractivity contribution in [3.8, 4) is 11.5 Å². The molecule has 0 fully saturated rings. The van der Waals surface area contributed by atoms with E-state index < -0.39 is 0 Å². The number of phenols is 2. The first-order chi connectivity index (χ1) is 12.6. The highest BCUT2D eigenvalue weighted by Gasteiger charge is 2.10. The molecule has 3 aromatic rings. The van der Waals surface area contributed by atoms with E-state index in [0.717, 1.165) is 17.5 Å². The Morgan fingerprint density at radius 3 is 2.12 bits per heavy atom. The standard InChI is InChI=1S/C19H20N4O3/c24-16-5-1-14(2-6-16)9-11-20-19(26)18-13-23(22-21-18)12-10-15-3-7-17(25)8-4-15/h1-8,13,24-25H,9-12H2,(H,20,26). The molecule has 2 aromatic carbocycles. The summed E-state index contributed by atoms with van der Waals surface area (Å²) in [6, 6.07) is 13.9. The number of aromatic nitrogens is 3. The van der Waals surface area contributed by atoms with Gasteiger partial charge in [0.25, 0.3) is 5.91 Å². The normalized spacial score (nSPS) is 10.6. The average molecular weight is 352 g/mol. The second-order valence-corrected chi connectivity index (χ2v) is 5.96. The summed E-state index contributed by atoms with van der Waals surface area (Å²) >= 11 is 0. The van der Waals surface area contributed by atoms with Crippen molar-refractivity contribution < 1.29 is 15.0 Å². The number of hydrogen-bond donors (Lipinski definition) is 3. The Kier molecular flexibility index (Phi) is 5.48. The van der Waals surface area contributed by atoms with Gasteiger partial charge in [0.05, 0.1) is 6.20 Å². The van der Waals surface area contributed by atoms with E-state index in [1.807, 2.05) is 24.3 Å². The predicted octanol–water partition coefficient (Wildman–Crippen LogP) is 1.90. The van der Waals surface area contributed by atoms with Crippen LogP contribution in [0, 0.1) is 0 Å². The molecule has 134 valence electrons. The maximum Gasteiger partial charge on any atom is 0.273 e. The molecule has 1 amide bonds. The van der Waals surface area contributed by atoms with Crippen LogP contribution in [0.15, 0.2) is 54.7 Å². The summed E-state index contributed by atoms with van der Waals surface area (Å²) in [7, 11) is 0. The van der Waals surface area contributed by atoms with Gasteiger partial charge in [-0.1, -0.05) is 29.5 Å². The van der Waals surface area contributed by atoms with Crippen LogP contribution in [0.5, 0.6) is 11.5 Å². The molecular weight excluding hydrogens is 332 g/mol. The highest BCUT2D eigenvalue weighted by atomic mass is 16.3. The highest BCUT2D eigenvalue weighted by molar-refractivity contribution is 5.91. The van der Waals surface area contributed by atoms with Gasteiger partial charge >= 0.3 is 0 Å². The molecule has 0 bridgehead atoms. The van der Waals surface area contributed by atoms with Gasteiger partial charge in [-0.2, -0.15) is 0 Å². The number of amides is 1. The molecule has 7 heteroatoms. The van der Waals surface area contributed by atoms with Crippen LogP contribution < -0.4 is 5.32 Å². The summed E-state index contributed by atoms with van der Waals surface area (Å²) < 4.78 is 1.63. The fourth-order valence-corrected chi connectivity index (χ4v) is 2.49. The number of nitrogens with one attached hydrogen (secondary N) is 1. The molecule has 26 heavy (non-hydrogen) atoms. The number of aryl methyl sites for hydroxylation is 2. The number of carbonyl (C=O) groups excluding carboxylic acids is 1. The Morgan fingerprint density at radius 2 is 1.50 bits per heavy atom. The SMILES string of the molecule is O=C(NCCc1ccc(O)cc1)c1cn(CCc2ccc(O)cc2)nn1. The highest BCUT2D eigenvalue weighted by Crippen LogP contribution is 2.11. The number of nitrogens with zero attached hydrogens (tertiary/aromatic N) is 3. The van der Waals surface area contributed by atoms with Crippen molar-refractivity contribution >= 4 is 5.91 Å². The van der Waals surface area contributed by atoms with Gasteiger partial charge < -0.3 is 15.5 Å². The summed E-state index contributed by atoms with van der Waals surface area (Å²) in [5.74, 6) is 0.196. The number of aromatic hydroxyl groups is 2. The second-order valence-electron chi connectivity index (χ2n) is 5.96. The van der Waals surface area contributed by atoms with Gasteiger partial charge in [0, 0.05) is 13.1 Å². The van der Waals surface area contributed by atoms with Crippen LogP contribution in [-0.2, 0) is 19.4 Å². The van der Waals surface area contributed by atoms with E-state index in [1.165, 1.54) is 0 Å². The zero-order valence-electron chi connectivity index (χ0n) is 14.2. The molecule has 0 aliphatic heterocycles. The molecule has 0 spiro atoms. The zero-order valence-corrected chi connectivity index (χ0v) is 14.2. The molecule has 3 N–H and O–H groups in total. The van der Waals surface area contributed by atoms with Crippen molar-refractivity contribution in [3.05, 3.63) is 71.5 Å². The number of phenolic OH excluding ortho intramolecular Hbond substituents is 2. The van der Waals surface area contributed by atoms with E-state index in [0.29, 0.717) is 19.5 Å². The van der Waals surface area contributed by atoms with E-state index in [2.05, 4.69) is 15.6 Å². The largest absolute Gasteiger partial charge is 0.508 e. The first kappa shape index (κ1) is 17.5. The fraction of sp³-hybridized carbons (Fsp3) is 0.211. The van der Waals surface area contributed by atoms with Crippen LogP contribution in [0.25, 0.3) is 0 Å². The average Bonchev–Trinajstić information content (AvgIpc) is 3.12. The third kappa shape index (κ3) is 4.83. The molecule has 0 unspecified atom stereocenters. The first-order valence-electron chi connectivity index (χ1n) is 8.34. The summed E-state index contributed by atoms with van der Waals surface area (Å²) in [6.45, 7) is 1.07. The number of rotatable bonds is 7. The van der Waals surface area contributed by atoms with E-state index >= 15 is 0 Å². The lowest BCUT2D eigenvalue weighted by Gasteiger charge is -2.03. The van der Waals surface area contributed by atoms with E-state index in [9.17, 15) is 15.0 Å². The van der Waals surface area contributed by atoms with Crippen molar-refractivity contribution in [3.63, 3.8) is 0 Å². The smallest absolute Gasteiger partial charge is 0.273 e. The topological polar surface area (TPSA) is 100 Å². The van der Waals surface area contributed by atoms with Gasteiger partial charge in [-0.05, 0) is 48.2 Å². The van der Waals surface area contributed by atoms with Crippen molar-refractivity contribution in [2.45, 2.75) is 19.4 Å². The van der Waals surface area contributed by atoms with Crippen molar-refractivity contribution in [2.24, 2.45) is 0 Å². The Hall–Kier alpha value is -3.35. The molecule has 1 aromatic heterocycles. The molecule has 0 saturated carbocycles. The van der Waals surface area contributed by atoms with Crippen LogP contribution in [0.4, 0.5) is 0 Å². The second kappa shape index (κ2) is 8.15. The fourth-order valence-electron chi connectivity index (χ4n) is 2.49. The summed E-state index contributed by atoms with van der Waals surface area (Å²) in [6.07, 6.45) is 3.02. The molecule has 0 aliphatic rings. The molecule has 0 atom stereocenters. The lowest BCUT2D eigenvalue weighted by Crippen LogP contribution is -2.26. The van der Waals surface area contributed by atoms with Gasteiger partial charge in [0.2, 0.25) is 0 Å². The van der Waals surface area contributed by atoms with Gasteiger partial charge in [-0.3, -0.25) is 9.48 Å². The molecular formula is C19H20N4O3. The van der Waals surface area contributed by atoms with Gasteiger partial charge in [-0.15, -0.1) is 5.10 Å². The summed E-state index contributed by atoms with van der Waals surface area (Å²) in [4.78, 5) is 12.1. The van der Waals surface area contributed by atoms with Gasteiger partial charge in [-0.25, -0.2) is 0 Å². The maximum absolute atomic E-state index is 12.1. The summed E-state index contributed by atoms with van der Waals surface area (Å²) in [5.41, 5.74) is 2.38. The quantitative estimate of drug-likeness (QED) is 0.603. The van der Waals surface area contributed by atoms with Gasteiger partial charge in [0.15, 0.2) is 5.69 Å². The Bertz CT molecular complexity index is 857. The Labute approximate surface area is 150 Å². The van der Waals surface area contributed by atoms with Crippen LogP contribution in [0.2, 0.25) is 0 Å². The van der Waals surface area contributed by atoms with Crippen LogP contribution in [0.1, 0.15) is 21.6 Å². The lowest BCUT2D eigenvalue weighted by molar-refractivity contribution is 0.0949. The molecule has 3 rings (SSSR count). The van der Waals surface area contributed by atoms with Crippen LogP contribution in [0.3, 0.4) is 0 Å². The number of hydrogen-bond acceptors (Lipinski definition) is 5. The third-order valence-electron chi connectivity index (χ3n) is 3.97. The minimum atomic E-state index is -0.264. The Morgan fingerprint density at radius 1 is 0.923 bits per heavy atom. The number of benzene rings is 2. The minimum absolute atomic E-state index is 0.224. The van der Waals surface area contributed by atoms with E-state index in [1.54, 1.807) is 35.1 Å². The van der Waals surface area contributed by atoms with Gasteiger partial charge in [0.1, 0.15) is 11.5 Å². The number of carbonyl (C=O) groups is 1. The van der Waals surface area contributed by atoms with Crippen LogP contribution >= 0.6 is 0 Å². The van der Waals surface area contributed by atoms with E-state index in [4.69, 9.17) is 0 Å². The lowest BCUT2D eigenvalue weighted by atomic mass is 10.1. The summed E-state index contributed by atoms with van der Waals surface area (Å²) in [5, 5.41) is 29.2. The molecule has 1 heterocycles. The maximum atomic E-state index is 12.1. The molecule has 7 nitrogen and oxygen atoms in total. The Balaban J connectivity index is 1.46. The first-order valence-corrected chi connectivity index (χ1v) is 8.34. The molecule has 0 saturated heterocycles. The zero-order chi connectivity index (χ0) is 18.4. The minimum Gasteiger partial charge on any atom is -0.508 e. The van der Waals surface area contributed by atoms with Crippen molar-refractivity contribution in [2.75, 3.05) is 6.54 Å². The monoisotopic (exact) mass is 352 g/mol. The molecule has 0 radical (unpaired) electrons.